The molecule has 2 aliphatic rings. The van der Waals surface area contributed by atoms with Crippen molar-refractivity contribution < 1.29 is 4.79 Å². The minimum Gasteiger partial charge on any atom is -0.300 e. The minimum absolute atomic E-state index is 0.341. The largest absolute Gasteiger partial charge is 0.300 e. The Morgan fingerprint density at radius 1 is 1.25 bits per heavy atom. The average molecular weight is 279 g/mol. The van der Waals surface area contributed by atoms with Crippen LogP contribution < -0.4 is 0 Å². The minimum atomic E-state index is 0.341. The maximum atomic E-state index is 12.2. The van der Waals surface area contributed by atoms with Gasteiger partial charge in [0, 0.05) is 24.9 Å². The van der Waals surface area contributed by atoms with Gasteiger partial charge in [-0.25, -0.2) is 0 Å². The zero-order chi connectivity index (χ0) is 14.5. The van der Waals surface area contributed by atoms with E-state index in [-0.39, 0.29) is 0 Å². The third-order valence-electron chi connectivity index (χ3n) is 5.08. The number of ketones is 1. The van der Waals surface area contributed by atoms with Gasteiger partial charge < -0.3 is 0 Å². The third kappa shape index (κ3) is 4.87. The van der Waals surface area contributed by atoms with E-state index in [1.54, 1.807) is 0 Å². The van der Waals surface area contributed by atoms with Crippen molar-refractivity contribution >= 4 is 5.78 Å². The summed E-state index contributed by atoms with van der Waals surface area (Å²) in [5.74, 6) is 2.47. The van der Waals surface area contributed by atoms with Gasteiger partial charge in [-0.1, -0.05) is 33.6 Å². The van der Waals surface area contributed by atoms with Gasteiger partial charge in [-0.05, 0) is 50.5 Å². The number of carbonyl (C=O) groups excluding carboxylic acids is 1. The first-order valence-electron chi connectivity index (χ1n) is 8.86. The van der Waals surface area contributed by atoms with E-state index in [0.717, 1.165) is 43.7 Å². The Morgan fingerprint density at radius 2 is 2.00 bits per heavy atom. The van der Waals surface area contributed by atoms with Gasteiger partial charge in [-0.2, -0.15) is 0 Å². The number of carbonyl (C=O) groups is 1. The fourth-order valence-corrected chi connectivity index (χ4v) is 3.62. The van der Waals surface area contributed by atoms with E-state index in [1.165, 1.54) is 38.6 Å². The van der Waals surface area contributed by atoms with Crippen LogP contribution in [0.2, 0.25) is 0 Å². The molecule has 20 heavy (non-hydrogen) atoms. The Labute approximate surface area is 125 Å². The van der Waals surface area contributed by atoms with Crippen LogP contribution in [0.3, 0.4) is 0 Å². The molecule has 0 amide bonds. The summed E-state index contributed by atoms with van der Waals surface area (Å²) in [7, 11) is 0. The van der Waals surface area contributed by atoms with Crippen LogP contribution in [-0.4, -0.2) is 29.8 Å². The van der Waals surface area contributed by atoms with Crippen LogP contribution in [-0.2, 0) is 4.79 Å². The van der Waals surface area contributed by atoms with Gasteiger partial charge in [-0.3, -0.25) is 9.69 Å². The second-order valence-corrected chi connectivity index (χ2v) is 7.50. The monoisotopic (exact) mass is 279 g/mol. The van der Waals surface area contributed by atoms with E-state index in [4.69, 9.17) is 0 Å². The summed E-state index contributed by atoms with van der Waals surface area (Å²) in [6, 6.07) is 0.799. The van der Waals surface area contributed by atoms with Crippen LogP contribution in [0.15, 0.2) is 0 Å². The molecule has 2 saturated carbocycles. The first-order valence-corrected chi connectivity index (χ1v) is 8.86. The zero-order valence-corrected chi connectivity index (χ0v) is 13.7. The summed E-state index contributed by atoms with van der Waals surface area (Å²) in [6.07, 6.45) is 9.74. The quantitative estimate of drug-likeness (QED) is 0.661. The maximum absolute atomic E-state index is 12.2. The molecule has 2 aliphatic carbocycles. The summed E-state index contributed by atoms with van der Waals surface area (Å²) in [4.78, 5) is 14.9. The normalized spacial score (nSPS) is 27.6. The summed E-state index contributed by atoms with van der Waals surface area (Å²) < 4.78 is 0. The highest BCUT2D eigenvalue weighted by atomic mass is 16.1. The molecule has 0 radical (unpaired) electrons. The molecule has 2 heteroatoms. The fourth-order valence-electron chi connectivity index (χ4n) is 3.62. The van der Waals surface area contributed by atoms with E-state index < -0.39 is 0 Å². The van der Waals surface area contributed by atoms with Crippen molar-refractivity contribution in [2.24, 2.45) is 17.8 Å². The first kappa shape index (κ1) is 16.0. The highest BCUT2D eigenvalue weighted by Gasteiger charge is 2.34. The number of rotatable bonds is 8. The molecule has 0 N–H and O–H groups in total. The predicted octanol–water partition coefficient (Wildman–Crippen LogP) is 4.28. The number of nitrogens with zero attached hydrogens (tertiary/aromatic N) is 1. The molecular weight excluding hydrogens is 246 g/mol. The van der Waals surface area contributed by atoms with Crippen molar-refractivity contribution in [1.82, 2.24) is 4.90 Å². The van der Waals surface area contributed by atoms with Gasteiger partial charge in [0.25, 0.3) is 0 Å². The van der Waals surface area contributed by atoms with Crippen LogP contribution >= 0.6 is 0 Å². The van der Waals surface area contributed by atoms with Crippen LogP contribution in [0.25, 0.3) is 0 Å². The van der Waals surface area contributed by atoms with Crippen LogP contribution in [0, 0.1) is 17.8 Å². The van der Waals surface area contributed by atoms with Crippen molar-refractivity contribution in [3.05, 3.63) is 0 Å². The molecule has 2 unspecified atom stereocenters. The van der Waals surface area contributed by atoms with Crippen LogP contribution in [0.1, 0.15) is 72.1 Å². The molecule has 0 aromatic carbocycles. The lowest BCUT2D eigenvalue weighted by molar-refractivity contribution is -0.126. The number of hydrogen-bond acceptors (Lipinski definition) is 2. The summed E-state index contributed by atoms with van der Waals surface area (Å²) in [5.41, 5.74) is 0. The highest BCUT2D eigenvalue weighted by molar-refractivity contribution is 5.82. The standard InChI is InChI=1S/C18H33NO/c1-4-5-15-6-9-18(20)16(12-15)13-19(17-7-8-17)11-10-14(2)3/h14-17H,4-13H2,1-3H3. The van der Waals surface area contributed by atoms with E-state index in [2.05, 4.69) is 25.7 Å². The Balaban J connectivity index is 1.85. The Hall–Kier alpha value is -0.370. The molecular formula is C18H33NO. The Morgan fingerprint density at radius 3 is 2.60 bits per heavy atom. The second kappa shape index (κ2) is 7.59. The number of Topliss-reactive ketones (excluding diaryl/α,β-unsaturated/α-hetero) is 1. The average Bonchev–Trinajstić information content (AvgIpc) is 3.22. The van der Waals surface area contributed by atoms with Gasteiger partial charge in [0.1, 0.15) is 5.78 Å². The van der Waals surface area contributed by atoms with Crippen molar-refractivity contribution in [1.29, 1.82) is 0 Å². The molecule has 0 aliphatic heterocycles. The van der Waals surface area contributed by atoms with E-state index in [0.29, 0.717) is 11.7 Å². The Kier molecular flexibility index (Phi) is 6.07. The van der Waals surface area contributed by atoms with Crippen LogP contribution in [0.4, 0.5) is 0 Å². The van der Waals surface area contributed by atoms with E-state index in [9.17, 15) is 4.79 Å². The van der Waals surface area contributed by atoms with Gasteiger partial charge in [0.15, 0.2) is 0 Å². The number of hydrogen-bond donors (Lipinski definition) is 0. The smallest absolute Gasteiger partial charge is 0.137 e. The van der Waals surface area contributed by atoms with Gasteiger partial charge in [-0.15, -0.1) is 0 Å². The molecule has 2 rings (SSSR count). The van der Waals surface area contributed by atoms with Crippen LogP contribution in [0.5, 0.6) is 0 Å². The molecule has 0 heterocycles. The van der Waals surface area contributed by atoms with Gasteiger partial charge in [0.05, 0.1) is 0 Å². The molecule has 0 aromatic heterocycles. The summed E-state index contributed by atoms with van der Waals surface area (Å²) >= 11 is 0. The highest BCUT2D eigenvalue weighted by Crippen LogP contribution is 2.33. The lowest BCUT2D eigenvalue weighted by atomic mass is 9.78. The van der Waals surface area contributed by atoms with Crippen molar-refractivity contribution in [3.63, 3.8) is 0 Å². The van der Waals surface area contributed by atoms with Gasteiger partial charge >= 0.3 is 0 Å². The molecule has 0 bridgehead atoms. The van der Waals surface area contributed by atoms with Crippen molar-refractivity contribution in [2.45, 2.75) is 78.2 Å². The fraction of sp³-hybridized carbons (Fsp3) is 0.944. The summed E-state index contributed by atoms with van der Waals surface area (Å²) in [5, 5.41) is 0. The molecule has 2 fully saturated rings. The van der Waals surface area contributed by atoms with Gasteiger partial charge in [0.2, 0.25) is 0 Å². The second-order valence-electron chi connectivity index (χ2n) is 7.50. The predicted molar refractivity (Wildman–Crippen MR) is 84.8 cm³/mol. The maximum Gasteiger partial charge on any atom is 0.137 e. The van der Waals surface area contributed by atoms with Crippen molar-refractivity contribution in [3.8, 4) is 0 Å². The molecule has 0 spiro atoms. The Bertz CT molecular complexity index is 309. The SMILES string of the molecule is CCCC1CCC(=O)C(CN(CCC(C)C)C2CC2)C1. The summed E-state index contributed by atoms with van der Waals surface area (Å²) in [6.45, 7) is 9.12. The molecule has 2 atom stereocenters. The molecule has 0 saturated heterocycles. The zero-order valence-electron chi connectivity index (χ0n) is 13.7. The molecule has 0 aromatic rings. The van der Waals surface area contributed by atoms with E-state index >= 15 is 0 Å². The lowest BCUT2D eigenvalue weighted by Crippen LogP contribution is -2.38. The van der Waals surface area contributed by atoms with Crippen molar-refractivity contribution in [2.75, 3.05) is 13.1 Å². The first-order chi connectivity index (χ1) is 9.60. The van der Waals surface area contributed by atoms with E-state index in [1.807, 2.05) is 0 Å². The third-order valence-corrected chi connectivity index (χ3v) is 5.08. The molecule has 2 nitrogen and oxygen atoms in total. The molecule has 116 valence electrons. The lowest BCUT2D eigenvalue weighted by Gasteiger charge is -2.33. The topological polar surface area (TPSA) is 20.3 Å².